The summed E-state index contributed by atoms with van der Waals surface area (Å²) in [7, 11) is 0. The molecule has 1 aliphatic rings. The SMILES string of the molecule is CCNC(=NCC(C)(O)c1cccs1)NCC1(C)CCCC1.I. The molecule has 3 N–H and O–H groups in total. The van der Waals surface area contributed by atoms with Gasteiger partial charge in [0, 0.05) is 18.0 Å². The summed E-state index contributed by atoms with van der Waals surface area (Å²) < 4.78 is 0. The van der Waals surface area contributed by atoms with Gasteiger partial charge in [0.2, 0.25) is 0 Å². The number of rotatable bonds is 6. The summed E-state index contributed by atoms with van der Waals surface area (Å²) in [5, 5.41) is 19.3. The molecule has 0 amide bonds. The molecule has 1 atom stereocenters. The Hall–Kier alpha value is -0.340. The normalized spacial score (nSPS) is 19.7. The van der Waals surface area contributed by atoms with E-state index in [2.05, 4.69) is 29.5 Å². The lowest BCUT2D eigenvalue weighted by Gasteiger charge is -2.26. The van der Waals surface area contributed by atoms with Crippen molar-refractivity contribution in [3.63, 3.8) is 0 Å². The molecule has 4 nitrogen and oxygen atoms in total. The van der Waals surface area contributed by atoms with Crippen molar-refractivity contribution < 1.29 is 5.11 Å². The Morgan fingerprint density at radius 2 is 2.09 bits per heavy atom. The van der Waals surface area contributed by atoms with Crippen LogP contribution >= 0.6 is 35.3 Å². The summed E-state index contributed by atoms with van der Waals surface area (Å²) in [5.74, 6) is 0.799. The molecule has 0 spiro atoms. The van der Waals surface area contributed by atoms with E-state index in [9.17, 15) is 5.11 Å². The number of aliphatic hydroxyl groups is 1. The summed E-state index contributed by atoms with van der Waals surface area (Å²) in [6.07, 6.45) is 5.23. The Morgan fingerprint density at radius 1 is 1.39 bits per heavy atom. The monoisotopic (exact) mass is 451 g/mol. The second kappa shape index (κ2) is 9.22. The van der Waals surface area contributed by atoms with Crippen LogP contribution in [0, 0.1) is 5.41 Å². The largest absolute Gasteiger partial charge is 0.383 e. The van der Waals surface area contributed by atoms with Crippen LogP contribution in [0.25, 0.3) is 0 Å². The average Bonchev–Trinajstić information content (AvgIpc) is 3.14. The molecule has 23 heavy (non-hydrogen) atoms. The third-order valence-corrected chi connectivity index (χ3v) is 5.56. The first kappa shape index (κ1) is 20.7. The molecule has 1 unspecified atom stereocenters. The quantitative estimate of drug-likeness (QED) is 0.351. The number of hydrogen-bond acceptors (Lipinski definition) is 3. The first-order valence-corrected chi connectivity index (χ1v) is 9.12. The van der Waals surface area contributed by atoms with Gasteiger partial charge in [-0.15, -0.1) is 35.3 Å². The zero-order valence-corrected chi connectivity index (χ0v) is 17.5. The van der Waals surface area contributed by atoms with E-state index in [1.807, 2.05) is 24.4 Å². The van der Waals surface area contributed by atoms with Crippen LogP contribution in [0.3, 0.4) is 0 Å². The zero-order chi connectivity index (χ0) is 16.1. The number of nitrogens with zero attached hydrogens (tertiary/aromatic N) is 1. The van der Waals surface area contributed by atoms with Crippen LogP contribution in [0.2, 0.25) is 0 Å². The van der Waals surface area contributed by atoms with Gasteiger partial charge in [-0.25, -0.2) is 4.99 Å². The molecule has 1 aromatic rings. The summed E-state index contributed by atoms with van der Waals surface area (Å²) in [5.41, 5.74) is -0.528. The maximum Gasteiger partial charge on any atom is 0.191 e. The second-order valence-corrected chi connectivity index (χ2v) is 7.77. The zero-order valence-electron chi connectivity index (χ0n) is 14.4. The molecule has 0 radical (unpaired) electrons. The van der Waals surface area contributed by atoms with Crippen LogP contribution in [0.1, 0.15) is 51.3 Å². The van der Waals surface area contributed by atoms with E-state index < -0.39 is 5.60 Å². The summed E-state index contributed by atoms with van der Waals surface area (Å²) >= 11 is 1.57. The van der Waals surface area contributed by atoms with Gasteiger partial charge < -0.3 is 15.7 Å². The molecule has 2 rings (SSSR count). The highest BCUT2D eigenvalue weighted by molar-refractivity contribution is 14.0. The number of thiophene rings is 1. The molecule has 1 aromatic heterocycles. The van der Waals surface area contributed by atoms with Gasteiger partial charge in [-0.2, -0.15) is 0 Å². The molecule has 1 saturated carbocycles. The molecule has 1 aliphatic carbocycles. The number of aliphatic imine (C=N–C) groups is 1. The Bertz CT molecular complexity index is 482. The molecule has 0 aromatic carbocycles. The number of halogens is 1. The maximum absolute atomic E-state index is 10.6. The van der Waals surface area contributed by atoms with E-state index in [0.29, 0.717) is 12.0 Å². The minimum atomic E-state index is -0.909. The lowest BCUT2D eigenvalue weighted by atomic mass is 9.89. The van der Waals surface area contributed by atoms with Crippen LogP contribution in [0.4, 0.5) is 0 Å². The molecule has 132 valence electrons. The van der Waals surface area contributed by atoms with E-state index in [1.165, 1.54) is 25.7 Å². The number of hydrogen-bond donors (Lipinski definition) is 3. The molecule has 1 fully saturated rings. The van der Waals surface area contributed by atoms with Crippen molar-refractivity contribution in [3.8, 4) is 0 Å². The second-order valence-electron chi connectivity index (χ2n) is 6.82. The van der Waals surface area contributed by atoms with Gasteiger partial charge >= 0.3 is 0 Å². The van der Waals surface area contributed by atoms with Crippen LogP contribution in [0.15, 0.2) is 22.5 Å². The van der Waals surface area contributed by atoms with Crippen molar-refractivity contribution in [3.05, 3.63) is 22.4 Å². The fourth-order valence-electron chi connectivity index (χ4n) is 2.94. The molecule has 0 aliphatic heterocycles. The summed E-state index contributed by atoms with van der Waals surface area (Å²) in [4.78, 5) is 5.54. The fraction of sp³-hybridized carbons (Fsp3) is 0.706. The summed E-state index contributed by atoms with van der Waals surface area (Å²) in [6.45, 7) is 8.36. The van der Waals surface area contributed by atoms with Crippen LogP contribution in [-0.4, -0.2) is 30.7 Å². The van der Waals surface area contributed by atoms with E-state index in [-0.39, 0.29) is 24.0 Å². The van der Waals surface area contributed by atoms with Gasteiger partial charge in [0.15, 0.2) is 5.96 Å². The van der Waals surface area contributed by atoms with Crippen molar-refractivity contribution in [2.75, 3.05) is 19.6 Å². The number of nitrogens with one attached hydrogen (secondary N) is 2. The molecule has 0 bridgehead atoms. The van der Waals surface area contributed by atoms with Gasteiger partial charge in [-0.05, 0) is 43.6 Å². The smallest absolute Gasteiger partial charge is 0.191 e. The van der Waals surface area contributed by atoms with E-state index in [0.717, 1.165) is 23.9 Å². The average molecular weight is 451 g/mol. The predicted octanol–water partition coefficient (Wildman–Crippen LogP) is 3.71. The highest BCUT2D eigenvalue weighted by Crippen LogP contribution is 2.36. The van der Waals surface area contributed by atoms with E-state index in [4.69, 9.17) is 0 Å². The predicted molar refractivity (Wildman–Crippen MR) is 110 cm³/mol. The van der Waals surface area contributed by atoms with Crippen LogP contribution < -0.4 is 10.6 Å². The van der Waals surface area contributed by atoms with Crippen molar-refractivity contribution in [1.82, 2.24) is 10.6 Å². The lowest BCUT2D eigenvalue weighted by Crippen LogP contribution is -2.43. The first-order chi connectivity index (χ1) is 10.5. The molecule has 1 heterocycles. The Morgan fingerprint density at radius 3 is 2.65 bits per heavy atom. The van der Waals surface area contributed by atoms with Crippen molar-refractivity contribution >= 4 is 41.3 Å². The third-order valence-electron chi connectivity index (χ3n) is 4.43. The third kappa shape index (κ3) is 6.23. The highest BCUT2D eigenvalue weighted by atomic mass is 127. The molecular weight excluding hydrogens is 421 g/mol. The van der Waals surface area contributed by atoms with Crippen molar-refractivity contribution in [2.45, 2.75) is 52.1 Å². The highest BCUT2D eigenvalue weighted by Gasteiger charge is 2.29. The van der Waals surface area contributed by atoms with Crippen LogP contribution in [-0.2, 0) is 5.60 Å². The Labute approximate surface area is 161 Å². The standard InChI is InChI=1S/C17H29N3OS.HI/c1-4-18-15(19-12-16(2)9-5-6-10-16)20-13-17(3,21)14-8-7-11-22-14;/h7-8,11,21H,4-6,9-10,12-13H2,1-3H3,(H2,18,19,20);1H. The Balaban J connectivity index is 0.00000264. The van der Waals surface area contributed by atoms with Gasteiger partial charge in [0.05, 0.1) is 6.54 Å². The fourth-order valence-corrected chi connectivity index (χ4v) is 3.72. The van der Waals surface area contributed by atoms with Gasteiger partial charge in [-0.3, -0.25) is 0 Å². The lowest BCUT2D eigenvalue weighted by molar-refractivity contribution is 0.0711. The van der Waals surface area contributed by atoms with Gasteiger partial charge in [0.1, 0.15) is 5.60 Å². The minimum absolute atomic E-state index is 0. The minimum Gasteiger partial charge on any atom is -0.383 e. The van der Waals surface area contributed by atoms with Crippen LogP contribution in [0.5, 0.6) is 0 Å². The summed E-state index contributed by atoms with van der Waals surface area (Å²) in [6, 6.07) is 3.92. The molecule has 0 saturated heterocycles. The Kier molecular flexibility index (Phi) is 8.30. The van der Waals surface area contributed by atoms with E-state index in [1.54, 1.807) is 11.3 Å². The molecule has 6 heteroatoms. The number of guanidine groups is 1. The van der Waals surface area contributed by atoms with Gasteiger partial charge in [0.25, 0.3) is 0 Å². The van der Waals surface area contributed by atoms with Gasteiger partial charge in [-0.1, -0.05) is 25.8 Å². The first-order valence-electron chi connectivity index (χ1n) is 8.24. The van der Waals surface area contributed by atoms with Crippen molar-refractivity contribution in [2.24, 2.45) is 10.4 Å². The maximum atomic E-state index is 10.6. The van der Waals surface area contributed by atoms with Crippen molar-refractivity contribution in [1.29, 1.82) is 0 Å². The van der Waals surface area contributed by atoms with E-state index >= 15 is 0 Å². The molecular formula is C17H30IN3OS. The topological polar surface area (TPSA) is 56.7 Å².